The third kappa shape index (κ3) is 2.83. The quantitative estimate of drug-likeness (QED) is 0.216. The van der Waals surface area contributed by atoms with E-state index >= 15 is 0 Å². The smallest absolute Gasteiger partial charge is 0.135 e. The van der Waals surface area contributed by atoms with E-state index in [-0.39, 0.29) is 0 Å². The number of rotatable bonds is 2. The Morgan fingerprint density at radius 2 is 1.05 bits per heavy atom. The van der Waals surface area contributed by atoms with Gasteiger partial charge in [-0.1, -0.05) is 97.1 Å². The van der Waals surface area contributed by atoms with E-state index in [2.05, 4.69) is 132 Å². The average Bonchev–Trinajstić information content (AvgIpc) is 3.70. The number of furan rings is 1. The molecule has 10 rings (SSSR count). The first-order chi connectivity index (χ1) is 20.8. The summed E-state index contributed by atoms with van der Waals surface area (Å²) in [7, 11) is 0. The SMILES string of the molecule is c1ccc2c(c1)-c1cccc3c(-c4ccc5c(c4)c4ccccc4n5-c4ccc5oc6ccccc6c5c4)ccc-2c13. The van der Waals surface area contributed by atoms with Gasteiger partial charge >= 0.3 is 0 Å². The van der Waals surface area contributed by atoms with Crippen LogP contribution in [0.5, 0.6) is 0 Å². The van der Waals surface area contributed by atoms with Crippen molar-refractivity contribution in [3.8, 4) is 39.1 Å². The molecule has 194 valence electrons. The van der Waals surface area contributed by atoms with Crippen LogP contribution in [0.1, 0.15) is 0 Å². The topological polar surface area (TPSA) is 18.1 Å². The highest BCUT2D eigenvalue weighted by Gasteiger charge is 2.22. The number of hydrogen-bond acceptors (Lipinski definition) is 1. The van der Waals surface area contributed by atoms with Crippen molar-refractivity contribution in [2.45, 2.75) is 0 Å². The number of aromatic nitrogens is 1. The van der Waals surface area contributed by atoms with Crippen LogP contribution < -0.4 is 0 Å². The second-order valence-corrected chi connectivity index (χ2v) is 11.3. The Labute approximate surface area is 241 Å². The fourth-order valence-electron chi connectivity index (χ4n) is 7.33. The summed E-state index contributed by atoms with van der Waals surface area (Å²) in [5.74, 6) is 0. The molecular formula is C40H23NO. The Hall–Kier alpha value is -5.60. The van der Waals surface area contributed by atoms with Gasteiger partial charge in [0.1, 0.15) is 11.2 Å². The summed E-state index contributed by atoms with van der Waals surface area (Å²) in [5.41, 5.74) is 13.2. The molecule has 1 aliphatic rings. The molecule has 0 amide bonds. The third-order valence-corrected chi connectivity index (χ3v) is 9.15. The molecular weight excluding hydrogens is 510 g/mol. The van der Waals surface area contributed by atoms with E-state index in [0.717, 1.165) is 27.6 Å². The Bertz CT molecular complexity index is 2550. The molecule has 0 fully saturated rings. The van der Waals surface area contributed by atoms with Crippen LogP contribution in [0.4, 0.5) is 0 Å². The summed E-state index contributed by atoms with van der Waals surface area (Å²) in [6.45, 7) is 0. The lowest BCUT2D eigenvalue weighted by atomic mass is 9.93. The highest BCUT2D eigenvalue weighted by molar-refractivity contribution is 6.19. The average molecular weight is 534 g/mol. The predicted octanol–water partition coefficient (Wildman–Crippen LogP) is 11.2. The summed E-state index contributed by atoms with van der Waals surface area (Å²) in [5, 5.41) is 7.46. The highest BCUT2D eigenvalue weighted by atomic mass is 16.3. The van der Waals surface area contributed by atoms with E-state index in [0.29, 0.717) is 0 Å². The largest absolute Gasteiger partial charge is 0.456 e. The Kier molecular flexibility index (Phi) is 4.21. The summed E-state index contributed by atoms with van der Waals surface area (Å²) >= 11 is 0. The van der Waals surface area contributed by atoms with Crippen molar-refractivity contribution in [2.75, 3.05) is 0 Å². The van der Waals surface area contributed by atoms with Gasteiger partial charge < -0.3 is 8.98 Å². The van der Waals surface area contributed by atoms with E-state index < -0.39 is 0 Å². The zero-order valence-electron chi connectivity index (χ0n) is 22.6. The summed E-state index contributed by atoms with van der Waals surface area (Å²) in [6.07, 6.45) is 0. The maximum absolute atomic E-state index is 6.13. The van der Waals surface area contributed by atoms with Crippen LogP contribution >= 0.6 is 0 Å². The first-order valence-corrected chi connectivity index (χ1v) is 14.4. The lowest BCUT2D eigenvalue weighted by Crippen LogP contribution is -1.93. The minimum atomic E-state index is 0.914. The number of benzene rings is 7. The fourth-order valence-corrected chi connectivity index (χ4v) is 7.33. The molecule has 0 radical (unpaired) electrons. The lowest BCUT2D eigenvalue weighted by Gasteiger charge is -2.11. The molecule has 2 nitrogen and oxygen atoms in total. The van der Waals surface area contributed by atoms with Crippen LogP contribution in [0.25, 0.3) is 93.6 Å². The van der Waals surface area contributed by atoms with Crippen LogP contribution in [0.15, 0.2) is 144 Å². The van der Waals surface area contributed by atoms with Crippen LogP contribution in [-0.4, -0.2) is 4.57 Å². The Morgan fingerprint density at radius 1 is 0.381 bits per heavy atom. The molecule has 0 unspecified atom stereocenters. The molecule has 1 aliphatic carbocycles. The van der Waals surface area contributed by atoms with Gasteiger partial charge in [-0.2, -0.15) is 0 Å². The van der Waals surface area contributed by atoms with Crippen LogP contribution in [0.2, 0.25) is 0 Å². The van der Waals surface area contributed by atoms with Crippen molar-refractivity contribution in [1.82, 2.24) is 4.57 Å². The van der Waals surface area contributed by atoms with Gasteiger partial charge in [0.05, 0.1) is 11.0 Å². The number of nitrogens with zero attached hydrogens (tertiary/aromatic N) is 1. The van der Waals surface area contributed by atoms with E-state index in [1.807, 2.05) is 12.1 Å². The Balaban J connectivity index is 1.22. The molecule has 0 aliphatic heterocycles. The molecule has 0 bridgehead atoms. The van der Waals surface area contributed by atoms with Gasteiger partial charge in [-0.3, -0.25) is 0 Å². The molecule has 0 saturated carbocycles. The van der Waals surface area contributed by atoms with E-state index in [4.69, 9.17) is 4.42 Å². The second-order valence-electron chi connectivity index (χ2n) is 11.3. The molecule has 0 atom stereocenters. The van der Waals surface area contributed by atoms with Gasteiger partial charge in [0.15, 0.2) is 0 Å². The van der Waals surface area contributed by atoms with Crippen LogP contribution in [0.3, 0.4) is 0 Å². The van der Waals surface area contributed by atoms with E-state index in [9.17, 15) is 0 Å². The number of para-hydroxylation sites is 2. The summed E-state index contributed by atoms with van der Waals surface area (Å²) < 4.78 is 8.52. The normalized spacial score (nSPS) is 12.3. The summed E-state index contributed by atoms with van der Waals surface area (Å²) in [6, 6.07) is 50.6. The van der Waals surface area contributed by atoms with Crippen LogP contribution in [-0.2, 0) is 0 Å². The second kappa shape index (κ2) is 7.99. The lowest BCUT2D eigenvalue weighted by molar-refractivity contribution is 0.669. The van der Waals surface area contributed by atoms with Gasteiger partial charge in [-0.15, -0.1) is 0 Å². The van der Waals surface area contributed by atoms with Gasteiger partial charge in [-0.25, -0.2) is 0 Å². The van der Waals surface area contributed by atoms with Gasteiger partial charge in [0.2, 0.25) is 0 Å². The van der Waals surface area contributed by atoms with Crippen molar-refractivity contribution >= 4 is 54.5 Å². The maximum Gasteiger partial charge on any atom is 0.135 e. The molecule has 2 heteroatoms. The van der Waals surface area contributed by atoms with Crippen molar-refractivity contribution < 1.29 is 4.42 Å². The molecule has 0 spiro atoms. The number of hydrogen-bond donors (Lipinski definition) is 0. The summed E-state index contributed by atoms with van der Waals surface area (Å²) in [4.78, 5) is 0. The first-order valence-electron chi connectivity index (χ1n) is 14.4. The first kappa shape index (κ1) is 22.1. The predicted molar refractivity (Wildman–Crippen MR) is 175 cm³/mol. The zero-order valence-corrected chi connectivity index (χ0v) is 22.6. The van der Waals surface area contributed by atoms with E-state index in [1.54, 1.807) is 0 Å². The molecule has 0 saturated heterocycles. The number of fused-ring (bicyclic) bond motifs is 9. The molecule has 0 N–H and O–H groups in total. The Morgan fingerprint density at radius 3 is 1.95 bits per heavy atom. The molecule has 7 aromatic carbocycles. The van der Waals surface area contributed by atoms with Gasteiger partial charge in [0.25, 0.3) is 0 Å². The molecule has 42 heavy (non-hydrogen) atoms. The van der Waals surface area contributed by atoms with Gasteiger partial charge in [-0.05, 0) is 86.6 Å². The van der Waals surface area contributed by atoms with Crippen LogP contribution in [0, 0.1) is 0 Å². The minimum Gasteiger partial charge on any atom is -0.456 e. The van der Waals surface area contributed by atoms with Gasteiger partial charge in [0, 0.05) is 27.2 Å². The van der Waals surface area contributed by atoms with Crippen molar-refractivity contribution in [1.29, 1.82) is 0 Å². The zero-order chi connectivity index (χ0) is 27.4. The maximum atomic E-state index is 6.13. The molecule has 9 aromatic rings. The highest BCUT2D eigenvalue weighted by Crippen LogP contribution is 2.49. The molecule has 2 heterocycles. The molecule has 2 aromatic heterocycles. The third-order valence-electron chi connectivity index (χ3n) is 9.15. The van der Waals surface area contributed by atoms with E-state index in [1.165, 1.54) is 66.0 Å². The monoisotopic (exact) mass is 533 g/mol. The minimum absolute atomic E-state index is 0.914. The standard InChI is InChI=1S/C40H23NO/c1-2-9-28-27(8-1)32-13-7-12-31-26(18-19-33(28)40(31)32)24-16-20-37-34(22-24)29-10-3-5-14-36(29)41(37)25-17-21-39-35(23-25)30-11-4-6-15-38(30)42-39/h1-23H. The fraction of sp³-hybridized carbons (Fsp3) is 0. The van der Waals surface area contributed by atoms with Crippen molar-refractivity contribution in [2.24, 2.45) is 0 Å². The van der Waals surface area contributed by atoms with Crippen molar-refractivity contribution in [3.63, 3.8) is 0 Å². The van der Waals surface area contributed by atoms with Crippen molar-refractivity contribution in [3.05, 3.63) is 140 Å².